The molecule has 1 aromatic rings. The number of anilines is 1. The van der Waals surface area contributed by atoms with E-state index in [1.807, 2.05) is 30.9 Å². The lowest BCUT2D eigenvalue weighted by atomic mass is 10.4. The van der Waals surface area contributed by atoms with Gasteiger partial charge in [-0.05, 0) is 30.9 Å². The van der Waals surface area contributed by atoms with Crippen LogP contribution >= 0.6 is 11.8 Å². The highest BCUT2D eigenvalue weighted by Crippen LogP contribution is 2.05. The van der Waals surface area contributed by atoms with E-state index in [1.165, 1.54) is 11.5 Å². The summed E-state index contributed by atoms with van der Waals surface area (Å²) in [6, 6.07) is 3.47. The Kier molecular flexibility index (Phi) is 6.08. The van der Waals surface area contributed by atoms with Crippen LogP contribution in [-0.2, 0) is 6.54 Å². The fraction of sp³-hybridized carbons (Fsp3) is 0.583. The first kappa shape index (κ1) is 13.2. The summed E-state index contributed by atoms with van der Waals surface area (Å²) in [4.78, 5) is 11.3. The molecule has 16 heavy (non-hydrogen) atoms. The van der Waals surface area contributed by atoms with Gasteiger partial charge >= 0.3 is 0 Å². The summed E-state index contributed by atoms with van der Waals surface area (Å²) in [7, 11) is 0. The number of hydrogen-bond donors (Lipinski definition) is 1. The van der Waals surface area contributed by atoms with Gasteiger partial charge in [-0.25, -0.2) is 0 Å². The Morgan fingerprint density at radius 1 is 1.38 bits per heavy atom. The van der Waals surface area contributed by atoms with Gasteiger partial charge in [0.1, 0.15) is 0 Å². The molecule has 0 radical (unpaired) electrons. The van der Waals surface area contributed by atoms with Crippen LogP contribution < -0.4 is 10.9 Å². The average molecular weight is 240 g/mol. The van der Waals surface area contributed by atoms with Crippen LogP contribution in [0.2, 0.25) is 0 Å². The van der Waals surface area contributed by atoms with Gasteiger partial charge < -0.3 is 9.88 Å². The molecule has 0 spiro atoms. The van der Waals surface area contributed by atoms with Crippen LogP contribution in [0.4, 0.5) is 5.69 Å². The van der Waals surface area contributed by atoms with E-state index in [4.69, 9.17) is 0 Å². The predicted octanol–water partition coefficient (Wildman–Crippen LogP) is 2.42. The minimum absolute atomic E-state index is 0.0644. The standard InChI is InChI=1S/C12H20N2OS/c1-3-14-10-11(6-7-12(14)15)13-8-5-9-16-4-2/h6-7,10,13H,3-5,8-9H2,1-2H3. The summed E-state index contributed by atoms with van der Waals surface area (Å²) in [6.45, 7) is 5.84. The maximum Gasteiger partial charge on any atom is 0.250 e. The molecular weight excluding hydrogens is 220 g/mol. The molecule has 0 bridgehead atoms. The largest absolute Gasteiger partial charge is 0.384 e. The topological polar surface area (TPSA) is 34.0 Å². The van der Waals surface area contributed by atoms with Crippen LogP contribution in [0.1, 0.15) is 20.3 Å². The second kappa shape index (κ2) is 7.39. The van der Waals surface area contributed by atoms with Gasteiger partial charge in [-0.2, -0.15) is 11.8 Å². The fourth-order valence-corrected chi connectivity index (χ4v) is 2.07. The van der Waals surface area contributed by atoms with Crippen LogP contribution in [0.3, 0.4) is 0 Å². The lowest BCUT2D eigenvalue weighted by Crippen LogP contribution is -2.18. The number of pyridine rings is 1. The molecule has 1 heterocycles. The Morgan fingerprint density at radius 2 is 2.19 bits per heavy atom. The molecule has 0 atom stereocenters. The van der Waals surface area contributed by atoms with Crippen molar-refractivity contribution >= 4 is 17.4 Å². The van der Waals surface area contributed by atoms with Crippen molar-refractivity contribution in [1.82, 2.24) is 4.57 Å². The zero-order valence-corrected chi connectivity index (χ0v) is 10.8. The summed E-state index contributed by atoms with van der Waals surface area (Å²) in [5.74, 6) is 2.37. The molecule has 0 amide bonds. The van der Waals surface area contributed by atoms with Gasteiger partial charge in [-0.1, -0.05) is 6.92 Å². The summed E-state index contributed by atoms with van der Waals surface area (Å²) in [5, 5.41) is 3.33. The molecular formula is C12H20N2OS. The zero-order chi connectivity index (χ0) is 11.8. The van der Waals surface area contributed by atoms with E-state index in [1.54, 1.807) is 10.6 Å². The van der Waals surface area contributed by atoms with E-state index >= 15 is 0 Å². The first-order valence-electron chi connectivity index (χ1n) is 5.80. The molecule has 3 nitrogen and oxygen atoms in total. The summed E-state index contributed by atoms with van der Waals surface area (Å²) >= 11 is 1.96. The smallest absolute Gasteiger partial charge is 0.250 e. The second-order valence-corrected chi connectivity index (χ2v) is 4.91. The Morgan fingerprint density at radius 3 is 2.88 bits per heavy atom. The first-order valence-corrected chi connectivity index (χ1v) is 6.95. The third kappa shape index (κ3) is 4.31. The van der Waals surface area contributed by atoms with E-state index in [-0.39, 0.29) is 5.56 Å². The predicted molar refractivity (Wildman–Crippen MR) is 72.5 cm³/mol. The van der Waals surface area contributed by atoms with Gasteiger partial charge in [0, 0.05) is 25.4 Å². The molecule has 0 aliphatic heterocycles. The quantitative estimate of drug-likeness (QED) is 0.743. The SMILES string of the molecule is CCSCCCNc1ccc(=O)n(CC)c1. The zero-order valence-electron chi connectivity index (χ0n) is 10.0. The molecule has 0 aliphatic carbocycles. The van der Waals surface area contributed by atoms with E-state index in [0.717, 1.165) is 25.2 Å². The molecule has 0 aliphatic rings. The van der Waals surface area contributed by atoms with E-state index in [2.05, 4.69) is 12.2 Å². The molecule has 0 saturated heterocycles. The molecule has 90 valence electrons. The average Bonchev–Trinajstić information content (AvgIpc) is 2.31. The van der Waals surface area contributed by atoms with Gasteiger partial charge in [-0.15, -0.1) is 0 Å². The van der Waals surface area contributed by atoms with Gasteiger partial charge in [0.15, 0.2) is 0 Å². The van der Waals surface area contributed by atoms with E-state index in [9.17, 15) is 4.79 Å². The number of hydrogen-bond acceptors (Lipinski definition) is 3. The molecule has 1 N–H and O–H groups in total. The van der Waals surface area contributed by atoms with Crippen molar-refractivity contribution in [3.8, 4) is 0 Å². The van der Waals surface area contributed by atoms with Crippen molar-refractivity contribution in [3.05, 3.63) is 28.7 Å². The number of thioether (sulfide) groups is 1. The Hall–Kier alpha value is -0.900. The normalized spacial score (nSPS) is 10.4. The van der Waals surface area contributed by atoms with Crippen molar-refractivity contribution in [1.29, 1.82) is 0 Å². The lowest BCUT2D eigenvalue weighted by molar-refractivity contribution is 0.727. The molecule has 0 aromatic carbocycles. The highest BCUT2D eigenvalue weighted by atomic mass is 32.2. The molecule has 0 unspecified atom stereocenters. The van der Waals surface area contributed by atoms with Crippen molar-refractivity contribution in [2.24, 2.45) is 0 Å². The number of rotatable bonds is 7. The van der Waals surface area contributed by atoms with Gasteiger partial charge in [0.05, 0.1) is 5.69 Å². The summed E-state index contributed by atoms with van der Waals surface area (Å²) < 4.78 is 1.71. The van der Waals surface area contributed by atoms with Crippen molar-refractivity contribution in [2.45, 2.75) is 26.8 Å². The Labute approximate surface area is 101 Å². The van der Waals surface area contributed by atoms with E-state index < -0.39 is 0 Å². The molecule has 4 heteroatoms. The van der Waals surface area contributed by atoms with Crippen LogP contribution in [0.15, 0.2) is 23.1 Å². The van der Waals surface area contributed by atoms with Crippen LogP contribution in [0.5, 0.6) is 0 Å². The lowest BCUT2D eigenvalue weighted by Gasteiger charge is -2.08. The van der Waals surface area contributed by atoms with Crippen molar-refractivity contribution in [3.63, 3.8) is 0 Å². The molecule has 0 saturated carbocycles. The van der Waals surface area contributed by atoms with Crippen LogP contribution in [-0.4, -0.2) is 22.6 Å². The number of nitrogens with one attached hydrogen (secondary N) is 1. The van der Waals surface area contributed by atoms with Gasteiger partial charge in [-0.3, -0.25) is 4.79 Å². The third-order valence-electron chi connectivity index (χ3n) is 2.32. The van der Waals surface area contributed by atoms with Crippen molar-refractivity contribution < 1.29 is 0 Å². The summed E-state index contributed by atoms with van der Waals surface area (Å²) in [5.41, 5.74) is 1.09. The minimum Gasteiger partial charge on any atom is -0.384 e. The van der Waals surface area contributed by atoms with Gasteiger partial charge in [0.2, 0.25) is 0 Å². The highest BCUT2D eigenvalue weighted by Gasteiger charge is 1.96. The highest BCUT2D eigenvalue weighted by molar-refractivity contribution is 7.99. The fourth-order valence-electron chi connectivity index (χ4n) is 1.43. The van der Waals surface area contributed by atoms with E-state index in [0.29, 0.717) is 0 Å². The summed E-state index contributed by atoms with van der Waals surface area (Å²) in [6.07, 6.45) is 3.04. The maximum absolute atomic E-state index is 11.3. The van der Waals surface area contributed by atoms with Crippen LogP contribution in [0, 0.1) is 0 Å². The second-order valence-electron chi connectivity index (χ2n) is 3.52. The van der Waals surface area contributed by atoms with Gasteiger partial charge in [0.25, 0.3) is 5.56 Å². The first-order chi connectivity index (χ1) is 7.77. The molecule has 1 rings (SSSR count). The Bertz CT molecular complexity index is 362. The monoisotopic (exact) mass is 240 g/mol. The van der Waals surface area contributed by atoms with Crippen LogP contribution in [0.25, 0.3) is 0 Å². The maximum atomic E-state index is 11.3. The number of nitrogens with zero attached hydrogens (tertiary/aromatic N) is 1. The minimum atomic E-state index is 0.0644. The number of aromatic nitrogens is 1. The molecule has 0 fully saturated rings. The Balaban J connectivity index is 2.39. The third-order valence-corrected chi connectivity index (χ3v) is 3.31. The molecule has 1 aromatic heterocycles. The van der Waals surface area contributed by atoms with Crippen molar-refractivity contribution in [2.75, 3.05) is 23.4 Å². The number of aryl methyl sites for hydroxylation is 1.